The SMILES string of the molecule is CCOc1cccc(CNC(=O)C(N)c2ccc(C)cc2)c1OC(F)F.Cl. The third kappa shape index (κ3) is 6.37. The van der Waals surface area contributed by atoms with Gasteiger partial charge >= 0.3 is 6.61 Å². The van der Waals surface area contributed by atoms with Crippen LogP contribution in [0.15, 0.2) is 42.5 Å². The molecule has 0 bridgehead atoms. The minimum atomic E-state index is -3.00. The van der Waals surface area contributed by atoms with Gasteiger partial charge in [0.05, 0.1) is 6.61 Å². The summed E-state index contributed by atoms with van der Waals surface area (Å²) in [5.41, 5.74) is 8.06. The zero-order chi connectivity index (χ0) is 19.1. The monoisotopic (exact) mass is 400 g/mol. The largest absolute Gasteiger partial charge is 0.490 e. The van der Waals surface area contributed by atoms with Gasteiger partial charge < -0.3 is 20.5 Å². The van der Waals surface area contributed by atoms with Gasteiger partial charge in [-0.1, -0.05) is 42.0 Å². The van der Waals surface area contributed by atoms with Crippen LogP contribution in [0.3, 0.4) is 0 Å². The molecule has 2 aromatic rings. The number of alkyl halides is 2. The zero-order valence-electron chi connectivity index (χ0n) is 15.1. The lowest BCUT2D eigenvalue weighted by atomic mass is 10.1. The van der Waals surface area contributed by atoms with Crippen molar-refractivity contribution in [2.75, 3.05) is 6.61 Å². The molecule has 0 aliphatic heterocycles. The summed E-state index contributed by atoms with van der Waals surface area (Å²) >= 11 is 0. The lowest BCUT2D eigenvalue weighted by Crippen LogP contribution is -2.33. The predicted octanol–water partition coefficient (Wildman–Crippen LogP) is 3.73. The first-order valence-corrected chi connectivity index (χ1v) is 8.21. The number of aryl methyl sites for hydroxylation is 1. The summed E-state index contributed by atoms with van der Waals surface area (Å²) in [5, 5.41) is 2.65. The number of ether oxygens (including phenoxy) is 2. The van der Waals surface area contributed by atoms with Gasteiger partial charge in [0, 0.05) is 12.1 Å². The fraction of sp³-hybridized carbons (Fsp3) is 0.316. The molecule has 3 N–H and O–H groups in total. The molecule has 2 aromatic carbocycles. The lowest BCUT2D eigenvalue weighted by molar-refractivity contribution is -0.122. The maximum absolute atomic E-state index is 12.7. The Morgan fingerprint density at radius 2 is 1.85 bits per heavy atom. The highest BCUT2D eigenvalue weighted by atomic mass is 35.5. The molecule has 8 heteroatoms. The molecule has 1 unspecified atom stereocenters. The molecule has 2 rings (SSSR count). The fourth-order valence-electron chi connectivity index (χ4n) is 2.41. The normalized spacial score (nSPS) is 11.5. The second-order valence-corrected chi connectivity index (χ2v) is 5.66. The van der Waals surface area contributed by atoms with Crippen LogP contribution in [0, 0.1) is 6.92 Å². The summed E-state index contributed by atoms with van der Waals surface area (Å²) in [6.45, 7) is 0.961. The van der Waals surface area contributed by atoms with Crippen LogP contribution in [0.4, 0.5) is 8.78 Å². The molecule has 0 saturated heterocycles. The number of halogens is 3. The molecule has 0 aliphatic carbocycles. The van der Waals surface area contributed by atoms with E-state index >= 15 is 0 Å². The van der Waals surface area contributed by atoms with Gasteiger partial charge in [0.15, 0.2) is 11.5 Å². The summed E-state index contributed by atoms with van der Waals surface area (Å²) in [5.74, 6) is -0.311. The van der Waals surface area contributed by atoms with Crippen molar-refractivity contribution < 1.29 is 23.0 Å². The molecule has 0 aliphatic rings. The van der Waals surface area contributed by atoms with Crippen molar-refractivity contribution in [1.82, 2.24) is 5.32 Å². The van der Waals surface area contributed by atoms with Gasteiger partial charge in [-0.2, -0.15) is 8.78 Å². The van der Waals surface area contributed by atoms with E-state index in [1.54, 1.807) is 31.2 Å². The zero-order valence-corrected chi connectivity index (χ0v) is 15.9. The van der Waals surface area contributed by atoms with Gasteiger partial charge in [-0.15, -0.1) is 12.4 Å². The van der Waals surface area contributed by atoms with Crippen molar-refractivity contribution in [2.45, 2.75) is 33.0 Å². The van der Waals surface area contributed by atoms with Crippen LogP contribution in [-0.2, 0) is 11.3 Å². The van der Waals surface area contributed by atoms with Crippen molar-refractivity contribution >= 4 is 18.3 Å². The van der Waals surface area contributed by atoms with E-state index in [4.69, 9.17) is 10.5 Å². The molecule has 148 valence electrons. The van der Waals surface area contributed by atoms with Crippen molar-refractivity contribution in [1.29, 1.82) is 0 Å². The van der Waals surface area contributed by atoms with E-state index < -0.39 is 18.6 Å². The molecule has 0 fully saturated rings. The highest BCUT2D eigenvalue weighted by Crippen LogP contribution is 2.32. The van der Waals surface area contributed by atoms with E-state index in [0.717, 1.165) is 5.56 Å². The fourth-order valence-corrected chi connectivity index (χ4v) is 2.41. The van der Waals surface area contributed by atoms with Gasteiger partial charge in [0.1, 0.15) is 6.04 Å². The number of carbonyl (C=O) groups excluding carboxylic acids is 1. The van der Waals surface area contributed by atoms with Crippen LogP contribution in [0.5, 0.6) is 11.5 Å². The van der Waals surface area contributed by atoms with Gasteiger partial charge in [-0.3, -0.25) is 4.79 Å². The second kappa shape index (κ2) is 10.7. The average molecular weight is 401 g/mol. The molecule has 0 radical (unpaired) electrons. The van der Waals surface area contributed by atoms with Crippen molar-refractivity contribution in [2.24, 2.45) is 5.73 Å². The Hall–Kier alpha value is -2.38. The Bertz CT molecular complexity index is 742. The third-order valence-electron chi connectivity index (χ3n) is 3.74. The number of amides is 1. The molecular weight excluding hydrogens is 378 g/mol. The predicted molar refractivity (Wildman–Crippen MR) is 101 cm³/mol. The van der Waals surface area contributed by atoms with E-state index in [1.165, 1.54) is 6.07 Å². The number of benzene rings is 2. The number of hydrogen-bond donors (Lipinski definition) is 2. The summed E-state index contributed by atoms with van der Waals surface area (Å²) in [6.07, 6.45) is 0. The summed E-state index contributed by atoms with van der Waals surface area (Å²) in [7, 11) is 0. The third-order valence-corrected chi connectivity index (χ3v) is 3.74. The molecule has 27 heavy (non-hydrogen) atoms. The molecule has 0 saturated carbocycles. The molecule has 1 atom stereocenters. The Kier molecular flexibility index (Phi) is 8.97. The van der Waals surface area contributed by atoms with Crippen LogP contribution < -0.4 is 20.5 Å². The standard InChI is InChI=1S/C19H22F2N2O3.ClH/c1-3-25-15-6-4-5-14(17(15)26-19(20)21)11-23-18(24)16(22)13-9-7-12(2)8-10-13;/h4-10,16,19H,3,11,22H2,1-2H3,(H,23,24);1H. The van der Waals surface area contributed by atoms with Crippen molar-refractivity contribution in [3.63, 3.8) is 0 Å². The molecule has 0 spiro atoms. The van der Waals surface area contributed by atoms with Gasteiger partial charge in [-0.25, -0.2) is 0 Å². The Balaban J connectivity index is 0.00000364. The highest BCUT2D eigenvalue weighted by molar-refractivity contribution is 5.85. The molecule has 5 nitrogen and oxygen atoms in total. The van der Waals surface area contributed by atoms with Gasteiger partial charge in [-0.05, 0) is 25.5 Å². The average Bonchev–Trinajstić information content (AvgIpc) is 2.61. The van der Waals surface area contributed by atoms with Crippen LogP contribution >= 0.6 is 12.4 Å². The molecule has 0 heterocycles. The number of nitrogens with one attached hydrogen (secondary N) is 1. The Morgan fingerprint density at radius 1 is 1.19 bits per heavy atom. The Labute approximate surface area is 163 Å². The number of carbonyl (C=O) groups is 1. The van der Waals surface area contributed by atoms with E-state index in [-0.39, 0.29) is 30.5 Å². The lowest BCUT2D eigenvalue weighted by Gasteiger charge is -2.17. The highest BCUT2D eigenvalue weighted by Gasteiger charge is 2.19. The molecule has 1 amide bonds. The van der Waals surface area contributed by atoms with Crippen molar-refractivity contribution in [3.05, 3.63) is 59.2 Å². The molecule has 0 aromatic heterocycles. The van der Waals surface area contributed by atoms with E-state index in [1.807, 2.05) is 19.1 Å². The van der Waals surface area contributed by atoms with Gasteiger partial charge in [0.2, 0.25) is 5.91 Å². The smallest absolute Gasteiger partial charge is 0.387 e. The summed E-state index contributed by atoms with van der Waals surface area (Å²) in [6, 6.07) is 11.2. The first-order valence-electron chi connectivity index (χ1n) is 8.21. The van der Waals surface area contributed by atoms with Crippen LogP contribution in [0.2, 0.25) is 0 Å². The number of para-hydroxylation sites is 1. The van der Waals surface area contributed by atoms with E-state index in [2.05, 4.69) is 10.1 Å². The maximum atomic E-state index is 12.7. The minimum absolute atomic E-state index is 0. The van der Waals surface area contributed by atoms with Crippen LogP contribution in [-0.4, -0.2) is 19.1 Å². The first-order chi connectivity index (χ1) is 12.4. The molecular formula is C19H23ClF2N2O3. The topological polar surface area (TPSA) is 73.6 Å². The van der Waals surface area contributed by atoms with Gasteiger partial charge in [0.25, 0.3) is 0 Å². The summed E-state index contributed by atoms with van der Waals surface area (Å²) in [4.78, 5) is 12.3. The minimum Gasteiger partial charge on any atom is -0.490 e. The number of hydrogen-bond acceptors (Lipinski definition) is 4. The second-order valence-electron chi connectivity index (χ2n) is 5.66. The quantitative estimate of drug-likeness (QED) is 0.708. The van der Waals surface area contributed by atoms with Crippen LogP contribution in [0.25, 0.3) is 0 Å². The van der Waals surface area contributed by atoms with Crippen LogP contribution in [0.1, 0.15) is 29.7 Å². The number of rotatable bonds is 8. The van der Waals surface area contributed by atoms with E-state index in [9.17, 15) is 13.6 Å². The van der Waals surface area contributed by atoms with Crippen molar-refractivity contribution in [3.8, 4) is 11.5 Å². The maximum Gasteiger partial charge on any atom is 0.387 e. The summed E-state index contributed by atoms with van der Waals surface area (Å²) < 4.78 is 35.3. The first kappa shape index (κ1) is 22.7. The Morgan fingerprint density at radius 3 is 2.44 bits per heavy atom. The number of nitrogens with two attached hydrogens (primary N) is 1. The van der Waals surface area contributed by atoms with E-state index in [0.29, 0.717) is 17.7 Å².